The largest absolute Gasteiger partial charge is 0.457 e. The van der Waals surface area contributed by atoms with Crippen LogP contribution in [0.3, 0.4) is 0 Å². The van der Waals surface area contributed by atoms with Crippen LogP contribution in [0, 0.1) is 0 Å². The van der Waals surface area contributed by atoms with E-state index < -0.39 is 42.1 Å². The first-order chi connectivity index (χ1) is 20.7. The third kappa shape index (κ3) is 6.38. The zero-order chi connectivity index (χ0) is 31.7. The highest BCUT2D eigenvalue weighted by Gasteiger charge is 2.41. The molecule has 0 aliphatic rings. The Balaban J connectivity index is 1.68. The molecule has 0 bridgehead atoms. The molecule has 0 aromatic heterocycles. The van der Waals surface area contributed by atoms with Gasteiger partial charge in [-0.05, 0) is 60.7 Å². The number of rotatable bonds is 7. The number of nitrogen functional groups attached to an aromatic ring is 2. The maximum Gasteiger partial charge on any atom is 0.420 e. The molecule has 0 amide bonds. The van der Waals surface area contributed by atoms with Crippen LogP contribution in [0.15, 0.2) is 115 Å². The lowest BCUT2D eigenvalue weighted by atomic mass is 10.2. The fourth-order valence-electron chi connectivity index (χ4n) is 4.54. The van der Waals surface area contributed by atoms with Crippen LogP contribution < -0.4 is 36.9 Å². The minimum Gasteiger partial charge on any atom is -0.457 e. The van der Waals surface area contributed by atoms with Gasteiger partial charge in [0.05, 0.1) is 11.1 Å². The quantitative estimate of drug-likeness (QED) is 0.108. The number of nitrogens with two attached hydrogens (primary N) is 2. The predicted octanol–water partition coefficient (Wildman–Crippen LogP) is 8.11. The molecule has 0 heterocycles. The molecule has 44 heavy (non-hydrogen) atoms. The molecule has 5 aromatic rings. The summed E-state index contributed by atoms with van der Waals surface area (Å²) in [6, 6.07) is 24.4. The van der Waals surface area contributed by atoms with Crippen molar-refractivity contribution in [3.63, 3.8) is 0 Å². The number of benzene rings is 5. The van der Waals surface area contributed by atoms with Crippen LogP contribution in [0.2, 0.25) is 0 Å². The molecule has 0 saturated carbocycles. The Morgan fingerprint density at radius 3 is 1.32 bits per heavy atom. The topological polar surface area (TPSA) is 87.6 Å². The molecule has 5 aromatic carbocycles. The van der Waals surface area contributed by atoms with E-state index in [-0.39, 0.29) is 38.8 Å². The molecule has 0 aliphatic heterocycles. The highest BCUT2D eigenvalue weighted by molar-refractivity contribution is 7.85. The smallest absolute Gasteiger partial charge is 0.420 e. The zero-order valence-corrected chi connectivity index (χ0v) is 23.5. The number of ether oxygens (including phenoxy) is 2. The van der Waals surface area contributed by atoms with Crippen molar-refractivity contribution in [2.24, 2.45) is 0 Å². The summed E-state index contributed by atoms with van der Waals surface area (Å²) in [6.45, 7) is 0. The van der Waals surface area contributed by atoms with E-state index in [0.29, 0.717) is 12.1 Å². The maximum atomic E-state index is 15.0. The summed E-state index contributed by atoms with van der Waals surface area (Å²) in [5.74, 6) is -1.15. The average Bonchev–Trinajstić information content (AvgIpc) is 2.96. The Bertz CT molecular complexity index is 1750. The van der Waals surface area contributed by atoms with Crippen molar-refractivity contribution < 1.29 is 40.4 Å². The SMILES string of the molecule is Nc1cccc(Oc2ccc(P(=O)(c3ccccc3)c3ccc(Oc4cccc(N)c4)c(C(F)(F)F)c3)cc2C(F)(F)F)c1. The molecule has 0 fully saturated rings. The van der Waals surface area contributed by atoms with Crippen molar-refractivity contribution in [3.8, 4) is 23.0 Å². The molecule has 0 atom stereocenters. The maximum absolute atomic E-state index is 15.0. The van der Waals surface area contributed by atoms with Gasteiger partial charge in [-0.15, -0.1) is 0 Å². The summed E-state index contributed by atoms with van der Waals surface area (Å²) in [4.78, 5) is 0. The fourth-order valence-corrected chi connectivity index (χ4v) is 7.22. The molecular formula is C32H23F6N2O3P. The molecule has 0 radical (unpaired) electrons. The van der Waals surface area contributed by atoms with E-state index in [4.69, 9.17) is 20.9 Å². The van der Waals surface area contributed by atoms with Gasteiger partial charge in [-0.25, -0.2) is 0 Å². The summed E-state index contributed by atoms with van der Waals surface area (Å²) >= 11 is 0. The monoisotopic (exact) mass is 628 g/mol. The fraction of sp³-hybridized carbons (Fsp3) is 0.0625. The molecular weight excluding hydrogens is 605 g/mol. The Kier molecular flexibility index (Phi) is 8.09. The number of hydrogen-bond donors (Lipinski definition) is 2. The summed E-state index contributed by atoms with van der Waals surface area (Å²) < 4.78 is 112. The van der Waals surface area contributed by atoms with E-state index >= 15 is 0 Å². The molecule has 4 N–H and O–H groups in total. The molecule has 0 spiro atoms. The second-order valence-electron chi connectivity index (χ2n) is 9.65. The summed E-state index contributed by atoms with van der Waals surface area (Å²) in [5.41, 5.74) is 9.40. The summed E-state index contributed by atoms with van der Waals surface area (Å²) in [7, 11) is -4.34. The van der Waals surface area contributed by atoms with Gasteiger partial charge in [0.15, 0.2) is 7.14 Å². The van der Waals surface area contributed by atoms with Gasteiger partial charge in [0.25, 0.3) is 0 Å². The first-order valence-electron chi connectivity index (χ1n) is 12.9. The second-order valence-corrected chi connectivity index (χ2v) is 12.4. The lowest BCUT2D eigenvalue weighted by Gasteiger charge is -2.24. The number of hydrogen-bond acceptors (Lipinski definition) is 5. The average molecular weight is 629 g/mol. The first-order valence-corrected chi connectivity index (χ1v) is 14.6. The van der Waals surface area contributed by atoms with Crippen molar-refractivity contribution in [1.29, 1.82) is 0 Å². The lowest BCUT2D eigenvalue weighted by molar-refractivity contribution is -0.139. The number of halogens is 6. The van der Waals surface area contributed by atoms with Crippen LogP contribution in [0.5, 0.6) is 23.0 Å². The van der Waals surface area contributed by atoms with E-state index in [1.54, 1.807) is 6.07 Å². The summed E-state index contributed by atoms with van der Waals surface area (Å²) in [5, 5.41) is -0.683. The molecule has 0 unspecified atom stereocenters. The van der Waals surface area contributed by atoms with Gasteiger partial charge < -0.3 is 25.5 Å². The van der Waals surface area contributed by atoms with Crippen molar-refractivity contribution in [2.45, 2.75) is 12.4 Å². The number of alkyl halides is 6. The highest BCUT2D eigenvalue weighted by atomic mass is 31.2. The van der Waals surface area contributed by atoms with Gasteiger partial charge in [0.1, 0.15) is 23.0 Å². The van der Waals surface area contributed by atoms with Crippen LogP contribution in [-0.2, 0) is 16.9 Å². The van der Waals surface area contributed by atoms with Crippen LogP contribution in [0.4, 0.5) is 37.7 Å². The van der Waals surface area contributed by atoms with Gasteiger partial charge in [0.2, 0.25) is 0 Å². The minimum atomic E-state index is -4.97. The summed E-state index contributed by atoms with van der Waals surface area (Å²) in [6.07, 6.45) is -9.95. The van der Waals surface area contributed by atoms with Crippen LogP contribution in [0.25, 0.3) is 0 Å². The van der Waals surface area contributed by atoms with Gasteiger partial charge in [0, 0.05) is 39.4 Å². The van der Waals surface area contributed by atoms with Crippen molar-refractivity contribution in [1.82, 2.24) is 0 Å². The third-order valence-corrected chi connectivity index (χ3v) is 9.59. The van der Waals surface area contributed by atoms with Gasteiger partial charge in [-0.3, -0.25) is 0 Å². The minimum absolute atomic E-state index is 0.0234. The van der Waals surface area contributed by atoms with Crippen LogP contribution >= 0.6 is 7.14 Å². The standard InChI is InChI=1S/C32H23F6N2O3P/c33-31(34,35)27-18-25(12-14-29(27)42-22-8-4-6-20(39)16-22)44(41,24-10-2-1-3-11-24)26-13-15-30(28(19-26)32(36,37)38)43-23-9-5-7-21(40)17-23/h1-19H,39-40H2. The third-order valence-electron chi connectivity index (χ3n) is 6.56. The molecule has 226 valence electrons. The lowest BCUT2D eigenvalue weighted by Crippen LogP contribution is -2.27. The van der Waals surface area contributed by atoms with Crippen molar-refractivity contribution in [3.05, 3.63) is 126 Å². The van der Waals surface area contributed by atoms with E-state index in [1.807, 2.05) is 0 Å². The van der Waals surface area contributed by atoms with E-state index in [2.05, 4.69) is 0 Å². The molecule has 12 heteroatoms. The van der Waals surface area contributed by atoms with E-state index in [0.717, 1.165) is 24.3 Å². The normalized spacial score (nSPS) is 12.1. The Morgan fingerprint density at radius 2 is 0.932 bits per heavy atom. The van der Waals surface area contributed by atoms with Gasteiger partial charge in [-0.1, -0.05) is 42.5 Å². The molecule has 5 nitrogen and oxygen atoms in total. The van der Waals surface area contributed by atoms with Crippen LogP contribution in [-0.4, -0.2) is 0 Å². The predicted molar refractivity (Wildman–Crippen MR) is 158 cm³/mol. The van der Waals surface area contributed by atoms with E-state index in [9.17, 15) is 30.9 Å². The molecule has 5 rings (SSSR count). The van der Waals surface area contributed by atoms with Gasteiger partial charge >= 0.3 is 12.4 Å². The van der Waals surface area contributed by atoms with Gasteiger partial charge in [-0.2, -0.15) is 26.3 Å². The first kappa shape index (κ1) is 30.6. The molecule has 0 aliphatic carbocycles. The second kappa shape index (κ2) is 11.7. The van der Waals surface area contributed by atoms with Crippen molar-refractivity contribution >= 4 is 34.4 Å². The Morgan fingerprint density at radius 1 is 0.500 bits per heavy atom. The van der Waals surface area contributed by atoms with Crippen molar-refractivity contribution in [2.75, 3.05) is 11.5 Å². The molecule has 0 saturated heterocycles. The number of anilines is 2. The van der Waals surface area contributed by atoms with E-state index in [1.165, 1.54) is 72.8 Å². The Hall–Kier alpha value is -4.89. The zero-order valence-electron chi connectivity index (χ0n) is 22.6. The highest BCUT2D eigenvalue weighted by Crippen LogP contribution is 2.48. The Labute approximate surface area is 248 Å². The van der Waals surface area contributed by atoms with Crippen LogP contribution in [0.1, 0.15) is 11.1 Å².